The van der Waals surface area contributed by atoms with E-state index in [1.165, 1.54) is 0 Å². The maximum atomic E-state index is 11.6. The first kappa shape index (κ1) is 14.6. The third-order valence-electron chi connectivity index (χ3n) is 3.00. The molecule has 0 spiro atoms. The molecule has 7 nitrogen and oxygen atoms in total. The van der Waals surface area contributed by atoms with E-state index in [4.69, 9.17) is 17.3 Å². The zero-order valence-electron chi connectivity index (χ0n) is 11.5. The molecule has 0 bridgehead atoms. The first-order valence-electron chi connectivity index (χ1n) is 6.44. The van der Waals surface area contributed by atoms with Crippen molar-refractivity contribution in [1.82, 2.24) is 18.7 Å². The second kappa shape index (κ2) is 5.82. The molecule has 0 radical (unpaired) electrons. The van der Waals surface area contributed by atoms with Crippen molar-refractivity contribution >= 4 is 51.8 Å². The van der Waals surface area contributed by atoms with Crippen LogP contribution < -0.4 is 11.1 Å². The maximum absolute atomic E-state index is 11.6. The van der Waals surface area contributed by atoms with E-state index in [0.717, 1.165) is 22.8 Å². The van der Waals surface area contributed by atoms with E-state index in [-0.39, 0.29) is 16.7 Å². The van der Waals surface area contributed by atoms with Crippen molar-refractivity contribution in [3.05, 3.63) is 34.7 Å². The summed E-state index contributed by atoms with van der Waals surface area (Å²) in [6.07, 6.45) is 0.558. The number of nitrogens with one attached hydrogen (secondary N) is 1. The molecule has 0 aliphatic rings. The summed E-state index contributed by atoms with van der Waals surface area (Å²) in [7, 11) is 0. The molecule has 3 N–H and O–H groups in total. The van der Waals surface area contributed by atoms with Gasteiger partial charge in [0.05, 0.1) is 17.4 Å². The SMILES string of the molecule is CCc1nc(C(N)=O)c(Nc2ccc3nsnc3c2)nc1Cl. The van der Waals surface area contributed by atoms with Gasteiger partial charge < -0.3 is 11.1 Å². The van der Waals surface area contributed by atoms with Crippen LogP contribution in [0.1, 0.15) is 23.1 Å². The Morgan fingerprint density at radius 3 is 2.82 bits per heavy atom. The smallest absolute Gasteiger partial charge is 0.271 e. The summed E-state index contributed by atoms with van der Waals surface area (Å²) < 4.78 is 8.29. The predicted octanol–water partition coefficient (Wildman–Crippen LogP) is 2.54. The number of nitrogens with zero attached hydrogens (tertiary/aromatic N) is 4. The Labute approximate surface area is 134 Å². The molecule has 0 saturated heterocycles. The first-order chi connectivity index (χ1) is 10.6. The summed E-state index contributed by atoms with van der Waals surface area (Å²) in [5, 5.41) is 3.25. The van der Waals surface area contributed by atoms with Gasteiger partial charge in [0.2, 0.25) is 0 Å². The largest absolute Gasteiger partial charge is 0.364 e. The average molecular weight is 335 g/mol. The van der Waals surface area contributed by atoms with Gasteiger partial charge in [0.1, 0.15) is 11.0 Å². The zero-order chi connectivity index (χ0) is 15.7. The van der Waals surface area contributed by atoms with Crippen LogP contribution >= 0.6 is 23.3 Å². The highest BCUT2D eigenvalue weighted by Crippen LogP contribution is 2.24. The lowest BCUT2D eigenvalue weighted by molar-refractivity contribution is 0.0996. The molecule has 3 aromatic rings. The second-order valence-electron chi connectivity index (χ2n) is 4.47. The van der Waals surface area contributed by atoms with Crippen molar-refractivity contribution in [1.29, 1.82) is 0 Å². The minimum absolute atomic E-state index is 0.0535. The van der Waals surface area contributed by atoms with Gasteiger partial charge in [-0.3, -0.25) is 4.79 Å². The molecule has 1 amide bonds. The van der Waals surface area contributed by atoms with Crippen LogP contribution in [0.25, 0.3) is 11.0 Å². The Hall–Kier alpha value is -2.32. The lowest BCUT2D eigenvalue weighted by Crippen LogP contribution is -2.18. The third kappa shape index (κ3) is 2.70. The van der Waals surface area contributed by atoms with Gasteiger partial charge in [-0.1, -0.05) is 18.5 Å². The number of amides is 1. The van der Waals surface area contributed by atoms with Gasteiger partial charge in [0, 0.05) is 5.69 Å². The maximum Gasteiger partial charge on any atom is 0.271 e. The van der Waals surface area contributed by atoms with E-state index in [1.54, 1.807) is 12.1 Å². The van der Waals surface area contributed by atoms with E-state index in [9.17, 15) is 4.79 Å². The minimum Gasteiger partial charge on any atom is -0.364 e. The normalized spacial score (nSPS) is 10.8. The fourth-order valence-corrected chi connectivity index (χ4v) is 2.71. The summed E-state index contributed by atoms with van der Waals surface area (Å²) in [5.74, 6) is -0.449. The number of rotatable bonds is 4. The Morgan fingerprint density at radius 1 is 1.32 bits per heavy atom. The average Bonchev–Trinajstić information content (AvgIpc) is 2.94. The first-order valence-corrected chi connectivity index (χ1v) is 7.55. The van der Waals surface area contributed by atoms with Gasteiger partial charge in [-0.25, -0.2) is 9.97 Å². The standard InChI is InChI=1S/C13H11ClN6OS/c1-2-7-11(14)18-13(10(17-7)12(15)21)16-6-3-4-8-9(5-6)20-22-19-8/h3-5H,2H2,1H3,(H2,15,21)(H,16,18). The summed E-state index contributed by atoms with van der Waals surface area (Å²) in [6, 6.07) is 5.42. The Bertz CT molecular complexity index is 865. The van der Waals surface area contributed by atoms with Crippen LogP contribution in [0.15, 0.2) is 18.2 Å². The quantitative estimate of drug-likeness (QED) is 0.759. The van der Waals surface area contributed by atoms with Crippen LogP contribution in [0, 0.1) is 0 Å². The van der Waals surface area contributed by atoms with E-state index < -0.39 is 5.91 Å². The summed E-state index contributed by atoms with van der Waals surface area (Å²) in [5.41, 5.74) is 8.20. The van der Waals surface area contributed by atoms with Crippen LogP contribution in [-0.4, -0.2) is 24.6 Å². The molecule has 0 fully saturated rings. The van der Waals surface area contributed by atoms with Crippen molar-refractivity contribution in [3.8, 4) is 0 Å². The number of aryl methyl sites for hydroxylation is 1. The Kier molecular flexibility index (Phi) is 3.86. The summed E-state index contributed by atoms with van der Waals surface area (Å²) in [6.45, 7) is 1.87. The Balaban J connectivity index is 2.03. The summed E-state index contributed by atoms with van der Waals surface area (Å²) in [4.78, 5) is 19.9. The molecular weight excluding hydrogens is 324 g/mol. The van der Waals surface area contributed by atoms with Crippen LogP contribution in [0.2, 0.25) is 5.15 Å². The molecule has 1 aromatic carbocycles. The number of fused-ring (bicyclic) bond motifs is 1. The highest BCUT2D eigenvalue weighted by molar-refractivity contribution is 7.00. The van der Waals surface area contributed by atoms with Gasteiger partial charge in [-0.2, -0.15) is 8.75 Å². The van der Waals surface area contributed by atoms with Crippen molar-refractivity contribution in [2.75, 3.05) is 5.32 Å². The van der Waals surface area contributed by atoms with Gasteiger partial charge in [0.15, 0.2) is 16.7 Å². The lowest BCUT2D eigenvalue weighted by atomic mass is 10.2. The van der Waals surface area contributed by atoms with Crippen molar-refractivity contribution in [2.24, 2.45) is 5.73 Å². The topological polar surface area (TPSA) is 107 Å². The number of hydrogen-bond acceptors (Lipinski definition) is 7. The number of nitrogens with two attached hydrogens (primary N) is 1. The van der Waals surface area contributed by atoms with Crippen LogP contribution in [0.3, 0.4) is 0 Å². The molecule has 22 heavy (non-hydrogen) atoms. The van der Waals surface area contributed by atoms with Crippen LogP contribution in [-0.2, 0) is 6.42 Å². The van der Waals surface area contributed by atoms with Gasteiger partial charge in [-0.05, 0) is 24.6 Å². The molecule has 9 heteroatoms. The molecule has 0 saturated carbocycles. The highest BCUT2D eigenvalue weighted by atomic mass is 35.5. The van der Waals surface area contributed by atoms with Crippen molar-refractivity contribution < 1.29 is 4.79 Å². The molecule has 0 aliphatic carbocycles. The number of aromatic nitrogens is 4. The molecule has 0 aliphatic heterocycles. The van der Waals surface area contributed by atoms with Gasteiger partial charge in [0.25, 0.3) is 5.91 Å². The molecule has 0 atom stereocenters. The van der Waals surface area contributed by atoms with E-state index in [0.29, 0.717) is 17.8 Å². The zero-order valence-corrected chi connectivity index (χ0v) is 13.1. The molecular formula is C13H11ClN6OS. The summed E-state index contributed by atoms with van der Waals surface area (Å²) >= 11 is 7.20. The minimum atomic E-state index is -0.669. The number of carbonyl (C=O) groups is 1. The van der Waals surface area contributed by atoms with Gasteiger partial charge >= 0.3 is 0 Å². The van der Waals surface area contributed by atoms with Crippen molar-refractivity contribution in [2.45, 2.75) is 13.3 Å². The van der Waals surface area contributed by atoms with E-state index in [2.05, 4.69) is 24.0 Å². The van der Waals surface area contributed by atoms with Crippen molar-refractivity contribution in [3.63, 3.8) is 0 Å². The monoisotopic (exact) mass is 334 g/mol. The van der Waals surface area contributed by atoms with Crippen LogP contribution in [0.4, 0.5) is 11.5 Å². The molecule has 112 valence electrons. The highest BCUT2D eigenvalue weighted by Gasteiger charge is 2.16. The molecule has 3 rings (SSSR count). The number of benzene rings is 1. The molecule has 2 heterocycles. The lowest BCUT2D eigenvalue weighted by Gasteiger charge is -2.11. The van der Waals surface area contributed by atoms with E-state index >= 15 is 0 Å². The number of halogens is 1. The van der Waals surface area contributed by atoms with E-state index in [1.807, 2.05) is 13.0 Å². The second-order valence-corrected chi connectivity index (χ2v) is 5.36. The third-order valence-corrected chi connectivity index (χ3v) is 3.86. The fourth-order valence-electron chi connectivity index (χ4n) is 1.93. The van der Waals surface area contributed by atoms with Crippen LogP contribution in [0.5, 0.6) is 0 Å². The number of anilines is 2. The number of hydrogen-bond donors (Lipinski definition) is 2. The fraction of sp³-hybridized carbons (Fsp3) is 0.154. The number of primary amides is 1. The van der Waals surface area contributed by atoms with Gasteiger partial charge in [-0.15, -0.1) is 0 Å². The molecule has 0 unspecified atom stereocenters. The predicted molar refractivity (Wildman–Crippen MR) is 85.6 cm³/mol. The Morgan fingerprint density at radius 2 is 2.09 bits per heavy atom. The number of carbonyl (C=O) groups excluding carboxylic acids is 1. The molecule has 2 aromatic heterocycles.